The number of nitrogens with zero attached hydrogens (tertiary/aromatic N) is 2. The number of urea groups is 1. The summed E-state index contributed by atoms with van der Waals surface area (Å²) in [5.74, 6) is 0.116. The van der Waals surface area contributed by atoms with Crippen molar-refractivity contribution in [3.63, 3.8) is 0 Å². The summed E-state index contributed by atoms with van der Waals surface area (Å²) in [6.45, 7) is 3.13. The molecule has 20 heavy (non-hydrogen) atoms. The van der Waals surface area contributed by atoms with Gasteiger partial charge >= 0.3 is 6.03 Å². The first-order valence-corrected chi connectivity index (χ1v) is 7.04. The van der Waals surface area contributed by atoms with Crippen LogP contribution in [0, 0.1) is 5.92 Å². The number of benzene rings is 1. The van der Waals surface area contributed by atoms with E-state index in [-0.39, 0.29) is 11.9 Å². The molecule has 1 aliphatic heterocycles. The lowest BCUT2D eigenvalue weighted by molar-refractivity contribution is 0.200. The number of hydrogen-bond donors (Lipinski definition) is 2. The third-order valence-electron chi connectivity index (χ3n) is 3.57. The molecule has 0 aliphatic carbocycles. The van der Waals surface area contributed by atoms with E-state index in [1.165, 1.54) is 0 Å². The van der Waals surface area contributed by atoms with E-state index in [0.717, 1.165) is 12.1 Å². The van der Waals surface area contributed by atoms with Crippen molar-refractivity contribution in [1.82, 2.24) is 4.90 Å². The standard InChI is InChI=1S/C14H18ClN3O2/c1-2-10-9-18(8-7-12(10)17-20)14(19)16-13-6-4-3-5-11(13)15/h3-6,10,20H,2,7-9H2,1H3,(H,16,19)/b17-12+. The van der Waals surface area contributed by atoms with Gasteiger partial charge in [0.2, 0.25) is 0 Å². The summed E-state index contributed by atoms with van der Waals surface area (Å²) >= 11 is 6.02. The van der Waals surface area contributed by atoms with Gasteiger partial charge in [0.25, 0.3) is 0 Å². The Morgan fingerprint density at radius 1 is 1.55 bits per heavy atom. The number of nitrogens with one attached hydrogen (secondary N) is 1. The van der Waals surface area contributed by atoms with Gasteiger partial charge in [-0.25, -0.2) is 4.79 Å². The normalized spacial score (nSPS) is 21.0. The molecule has 2 rings (SSSR count). The summed E-state index contributed by atoms with van der Waals surface area (Å²) in [7, 11) is 0. The molecule has 1 aromatic carbocycles. The Morgan fingerprint density at radius 3 is 2.95 bits per heavy atom. The molecule has 1 fully saturated rings. The second kappa shape index (κ2) is 6.61. The zero-order valence-electron chi connectivity index (χ0n) is 11.3. The van der Waals surface area contributed by atoms with Crippen molar-refractivity contribution in [1.29, 1.82) is 0 Å². The smallest absolute Gasteiger partial charge is 0.321 e. The largest absolute Gasteiger partial charge is 0.411 e. The number of carbonyl (C=O) groups excluding carboxylic acids is 1. The number of likely N-dealkylation sites (tertiary alicyclic amines) is 1. The maximum absolute atomic E-state index is 12.2. The molecule has 1 aliphatic rings. The van der Waals surface area contributed by atoms with E-state index in [9.17, 15) is 4.79 Å². The molecule has 6 heteroatoms. The molecule has 1 saturated heterocycles. The molecule has 108 valence electrons. The molecule has 2 N–H and O–H groups in total. The zero-order chi connectivity index (χ0) is 14.5. The van der Waals surface area contributed by atoms with Crippen LogP contribution in [-0.2, 0) is 0 Å². The minimum atomic E-state index is -0.173. The van der Waals surface area contributed by atoms with Gasteiger partial charge in [-0.2, -0.15) is 0 Å². The molecule has 0 bridgehead atoms. The van der Waals surface area contributed by atoms with Crippen LogP contribution in [0.4, 0.5) is 10.5 Å². The molecule has 0 aromatic heterocycles. The first-order valence-electron chi connectivity index (χ1n) is 6.67. The Balaban J connectivity index is 2.02. The summed E-state index contributed by atoms with van der Waals surface area (Å²) in [6, 6.07) is 6.97. The summed E-state index contributed by atoms with van der Waals surface area (Å²) in [6.07, 6.45) is 1.44. The Bertz CT molecular complexity index is 519. The third-order valence-corrected chi connectivity index (χ3v) is 3.90. The third kappa shape index (κ3) is 3.22. The van der Waals surface area contributed by atoms with Crippen LogP contribution in [0.3, 0.4) is 0 Å². The predicted octanol–water partition coefficient (Wildman–Crippen LogP) is 3.43. The SMILES string of the molecule is CCC1CN(C(=O)Nc2ccccc2Cl)CC/C1=N\O. The Kier molecular flexibility index (Phi) is 4.84. The average Bonchev–Trinajstić information content (AvgIpc) is 2.48. The van der Waals surface area contributed by atoms with E-state index in [4.69, 9.17) is 16.8 Å². The summed E-state index contributed by atoms with van der Waals surface area (Å²) in [5, 5.41) is 15.6. The Morgan fingerprint density at radius 2 is 2.30 bits per heavy atom. The van der Waals surface area contributed by atoms with E-state index < -0.39 is 0 Å². The summed E-state index contributed by atoms with van der Waals surface area (Å²) < 4.78 is 0. The van der Waals surface area contributed by atoms with Crippen molar-refractivity contribution in [2.75, 3.05) is 18.4 Å². The molecule has 1 atom stereocenters. The van der Waals surface area contributed by atoms with E-state index in [1.54, 1.807) is 17.0 Å². The van der Waals surface area contributed by atoms with Crippen molar-refractivity contribution < 1.29 is 10.0 Å². The predicted molar refractivity (Wildman–Crippen MR) is 79.7 cm³/mol. The highest BCUT2D eigenvalue weighted by Crippen LogP contribution is 2.22. The van der Waals surface area contributed by atoms with Gasteiger partial charge in [-0.1, -0.05) is 35.8 Å². The van der Waals surface area contributed by atoms with Crippen LogP contribution in [0.1, 0.15) is 19.8 Å². The minimum absolute atomic E-state index is 0.116. The number of para-hydroxylation sites is 1. The lowest BCUT2D eigenvalue weighted by Crippen LogP contribution is -2.45. The highest BCUT2D eigenvalue weighted by molar-refractivity contribution is 6.33. The number of rotatable bonds is 2. The zero-order valence-corrected chi connectivity index (χ0v) is 12.1. The lowest BCUT2D eigenvalue weighted by Gasteiger charge is -2.32. The molecule has 0 radical (unpaired) electrons. The molecule has 0 saturated carbocycles. The highest BCUT2D eigenvalue weighted by atomic mass is 35.5. The van der Waals surface area contributed by atoms with Crippen LogP contribution in [0.15, 0.2) is 29.4 Å². The molecule has 1 aromatic rings. The van der Waals surface area contributed by atoms with Crippen LogP contribution in [0.2, 0.25) is 5.02 Å². The van der Waals surface area contributed by atoms with Crippen molar-refractivity contribution in [2.45, 2.75) is 19.8 Å². The van der Waals surface area contributed by atoms with E-state index in [0.29, 0.717) is 30.2 Å². The second-order valence-corrected chi connectivity index (χ2v) is 5.21. The Hall–Kier alpha value is -1.75. The number of piperidine rings is 1. The maximum atomic E-state index is 12.2. The van der Waals surface area contributed by atoms with E-state index in [1.807, 2.05) is 19.1 Å². The molecule has 0 spiro atoms. The first kappa shape index (κ1) is 14.7. The fourth-order valence-corrected chi connectivity index (χ4v) is 2.54. The first-order chi connectivity index (χ1) is 9.65. The van der Waals surface area contributed by atoms with Gasteiger partial charge in [0.15, 0.2) is 0 Å². The number of anilines is 1. The molecule has 5 nitrogen and oxygen atoms in total. The van der Waals surface area contributed by atoms with Crippen molar-refractivity contribution >= 4 is 29.0 Å². The van der Waals surface area contributed by atoms with Crippen LogP contribution in [0.25, 0.3) is 0 Å². The second-order valence-electron chi connectivity index (χ2n) is 4.80. The number of oxime groups is 1. The van der Waals surface area contributed by atoms with Crippen molar-refractivity contribution in [2.24, 2.45) is 11.1 Å². The van der Waals surface area contributed by atoms with Gasteiger partial charge in [-0.05, 0) is 18.6 Å². The molecule has 1 heterocycles. The number of amides is 2. The topological polar surface area (TPSA) is 64.9 Å². The molecular weight excluding hydrogens is 278 g/mol. The van der Waals surface area contributed by atoms with Gasteiger partial charge in [-0.15, -0.1) is 0 Å². The van der Waals surface area contributed by atoms with Gasteiger partial charge in [0.1, 0.15) is 0 Å². The minimum Gasteiger partial charge on any atom is -0.411 e. The Labute approximate surface area is 123 Å². The fraction of sp³-hybridized carbons (Fsp3) is 0.429. The highest BCUT2D eigenvalue weighted by Gasteiger charge is 2.27. The van der Waals surface area contributed by atoms with Gasteiger partial charge in [-0.3, -0.25) is 0 Å². The maximum Gasteiger partial charge on any atom is 0.321 e. The van der Waals surface area contributed by atoms with Crippen molar-refractivity contribution in [3.8, 4) is 0 Å². The summed E-state index contributed by atoms with van der Waals surface area (Å²) in [5.41, 5.74) is 1.38. The fourth-order valence-electron chi connectivity index (χ4n) is 2.35. The molecular formula is C14H18ClN3O2. The number of carbonyl (C=O) groups is 1. The van der Waals surface area contributed by atoms with Crippen molar-refractivity contribution in [3.05, 3.63) is 29.3 Å². The van der Waals surface area contributed by atoms with Crippen LogP contribution in [-0.4, -0.2) is 34.9 Å². The van der Waals surface area contributed by atoms with Crippen LogP contribution >= 0.6 is 11.6 Å². The van der Waals surface area contributed by atoms with Gasteiger partial charge in [0, 0.05) is 25.4 Å². The van der Waals surface area contributed by atoms with Crippen LogP contribution < -0.4 is 5.32 Å². The number of halogens is 1. The molecule has 1 unspecified atom stereocenters. The quantitative estimate of drug-likeness (QED) is 0.648. The van der Waals surface area contributed by atoms with Crippen LogP contribution in [0.5, 0.6) is 0 Å². The summed E-state index contributed by atoms with van der Waals surface area (Å²) in [4.78, 5) is 14.0. The lowest BCUT2D eigenvalue weighted by atomic mass is 9.93. The number of hydrogen-bond acceptors (Lipinski definition) is 3. The van der Waals surface area contributed by atoms with E-state index >= 15 is 0 Å². The van der Waals surface area contributed by atoms with Gasteiger partial charge < -0.3 is 15.4 Å². The van der Waals surface area contributed by atoms with E-state index in [2.05, 4.69) is 10.5 Å². The molecule has 2 amide bonds. The average molecular weight is 296 g/mol. The van der Waals surface area contributed by atoms with Gasteiger partial charge in [0.05, 0.1) is 16.4 Å². The monoisotopic (exact) mass is 295 g/mol.